The highest BCUT2D eigenvalue weighted by atomic mass is 32.2. The second-order valence-corrected chi connectivity index (χ2v) is 5.73. The van der Waals surface area contributed by atoms with Gasteiger partial charge in [-0.25, -0.2) is 0 Å². The number of thioether (sulfide) groups is 1. The molecule has 0 aliphatic carbocycles. The molecule has 0 aromatic heterocycles. The number of anilines is 1. The molecular formula is C14H20F3NOS. The molecule has 2 nitrogen and oxygen atoms in total. The van der Waals surface area contributed by atoms with Crippen LogP contribution in [0.15, 0.2) is 18.2 Å². The van der Waals surface area contributed by atoms with Crippen LogP contribution < -0.4 is 4.90 Å². The monoisotopic (exact) mass is 307 g/mol. The summed E-state index contributed by atoms with van der Waals surface area (Å²) in [6.45, 7) is 1.52. The maximum atomic E-state index is 13.1. The topological polar surface area (TPSA) is 23.5 Å². The summed E-state index contributed by atoms with van der Waals surface area (Å²) in [6.07, 6.45) is -1.63. The van der Waals surface area contributed by atoms with E-state index in [4.69, 9.17) is 5.11 Å². The summed E-state index contributed by atoms with van der Waals surface area (Å²) in [5.74, 6) is 0.904. The van der Waals surface area contributed by atoms with Crippen LogP contribution in [0, 0.1) is 0 Å². The second-order valence-electron chi connectivity index (χ2n) is 4.75. The largest absolute Gasteiger partial charge is 0.418 e. The molecule has 1 unspecified atom stereocenters. The molecule has 1 rings (SSSR count). The number of hydrogen-bond acceptors (Lipinski definition) is 3. The molecule has 0 saturated carbocycles. The van der Waals surface area contributed by atoms with E-state index in [0.29, 0.717) is 0 Å². The number of alkyl halides is 3. The molecule has 20 heavy (non-hydrogen) atoms. The maximum Gasteiger partial charge on any atom is 0.418 e. The number of nitrogens with zero attached hydrogens (tertiary/aromatic N) is 1. The SMILES string of the molecule is CSCCC(C)N(C)c1ccc(CO)cc1C(F)(F)F. The van der Waals surface area contributed by atoms with Crippen LogP contribution in [0.25, 0.3) is 0 Å². The lowest BCUT2D eigenvalue weighted by Gasteiger charge is -2.29. The predicted molar refractivity (Wildman–Crippen MR) is 78.2 cm³/mol. The Kier molecular flexibility index (Phi) is 6.20. The number of hydrogen-bond donors (Lipinski definition) is 1. The highest BCUT2D eigenvalue weighted by Gasteiger charge is 2.35. The van der Waals surface area contributed by atoms with E-state index in [1.165, 1.54) is 12.1 Å². The lowest BCUT2D eigenvalue weighted by molar-refractivity contribution is -0.137. The van der Waals surface area contributed by atoms with E-state index >= 15 is 0 Å². The van der Waals surface area contributed by atoms with Crippen LogP contribution in [0.1, 0.15) is 24.5 Å². The summed E-state index contributed by atoms with van der Waals surface area (Å²) in [5, 5.41) is 9.00. The lowest BCUT2D eigenvalue weighted by atomic mass is 10.1. The third-order valence-corrected chi connectivity index (χ3v) is 3.97. The van der Waals surface area contributed by atoms with Gasteiger partial charge in [0.15, 0.2) is 0 Å². The highest BCUT2D eigenvalue weighted by molar-refractivity contribution is 7.98. The fourth-order valence-electron chi connectivity index (χ4n) is 1.94. The van der Waals surface area contributed by atoms with Crippen molar-refractivity contribution >= 4 is 17.4 Å². The Labute approximate surface area is 122 Å². The van der Waals surface area contributed by atoms with Crippen molar-refractivity contribution in [2.75, 3.05) is 24.0 Å². The molecule has 1 aromatic carbocycles. The van der Waals surface area contributed by atoms with Crippen LogP contribution in [-0.4, -0.2) is 30.2 Å². The first kappa shape index (κ1) is 17.2. The summed E-state index contributed by atoms with van der Waals surface area (Å²) in [6, 6.07) is 4.00. The number of rotatable bonds is 6. The summed E-state index contributed by atoms with van der Waals surface area (Å²) >= 11 is 1.68. The van der Waals surface area contributed by atoms with Crippen LogP contribution in [0.4, 0.5) is 18.9 Å². The summed E-state index contributed by atoms with van der Waals surface area (Å²) in [5.41, 5.74) is -0.267. The molecular weight excluding hydrogens is 287 g/mol. The molecule has 1 aromatic rings. The smallest absolute Gasteiger partial charge is 0.392 e. The second kappa shape index (κ2) is 7.22. The van der Waals surface area contributed by atoms with Crippen molar-refractivity contribution in [3.05, 3.63) is 29.3 Å². The quantitative estimate of drug-likeness (QED) is 0.865. The zero-order chi connectivity index (χ0) is 15.3. The van der Waals surface area contributed by atoms with Crippen molar-refractivity contribution in [1.29, 1.82) is 0 Å². The van der Waals surface area contributed by atoms with Crippen molar-refractivity contribution in [2.45, 2.75) is 32.2 Å². The first-order chi connectivity index (χ1) is 9.31. The summed E-state index contributed by atoms with van der Waals surface area (Å²) in [7, 11) is 1.67. The van der Waals surface area contributed by atoms with Crippen LogP contribution in [0.3, 0.4) is 0 Å². The lowest BCUT2D eigenvalue weighted by Crippen LogP contribution is -2.31. The zero-order valence-electron chi connectivity index (χ0n) is 11.9. The van der Waals surface area contributed by atoms with Gasteiger partial charge in [-0.15, -0.1) is 0 Å². The van der Waals surface area contributed by atoms with E-state index in [1.54, 1.807) is 23.7 Å². The fraction of sp³-hybridized carbons (Fsp3) is 0.571. The molecule has 1 N–H and O–H groups in total. The van der Waals surface area contributed by atoms with Gasteiger partial charge < -0.3 is 10.0 Å². The van der Waals surface area contributed by atoms with Gasteiger partial charge in [-0.05, 0) is 43.0 Å². The Morgan fingerprint density at radius 1 is 1.35 bits per heavy atom. The molecule has 0 amide bonds. The number of halogens is 3. The first-order valence-electron chi connectivity index (χ1n) is 6.34. The normalized spacial score (nSPS) is 13.3. The molecule has 0 radical (unpaired) electrons. The van der Waals surface area contributed by atoms with E-state index in [-0.39, 0.29) is 17.3 Å². The van der Waals surface area contributed by atoms with Gasteiger partial charge >= 0.3 is 6.18 Å². The van der Waals surface area contributed by atoms with Gasteiger partial charge in [-0.3, -0.25) is 0 Å². The van der Waals surface area contributed by atoms with Gasteiger partial charge in [0.05, 0.1) is 12.2 Å². The van der Waals surface area contributed by atoms with Gasteiger partial charge in [-0.1, -0.05) is 6.07 Å². The first-order valence-corrected chi connectivity index (χ1v) is 7.73. The Hall–Kier alpha value is -0.880. The van der Waals surface area contributed by atoms with E-state index in [1.807, 2.05) is 13.2 Å². The van der Waals surface area contributed by atoms with E-state index in [9.17, 15) is 13.2 Å². The number of aliphatic hydroxyl groups excluding tert-OH is 1. The molecule has 6 heteroatoms. The standard InChI is InChI=1S/C14H20F3NOS/c1-10(6-7-20-3)18(2)13-5-4-11(9-19)8-12(13)14(15,16)17/h4-5,8,10,19H,6-7,9H2,1-3H3. The molecule has 0 aliphatic rings. The minimum absolute atomic E-state index is 0.0172. The third-order valence-electron chi connectivity index (χ3n) is 3.33. The molecule has 0 spiro atoms. The summed E-state index contributed by atoms with van der Waals surface area (Å²) < 4.78 is 39.4. The zero-order valence-corrected chi connectivity index (χ0v) is 12.7. The predicted octanol–water partition coefficient (Wildman–Crippen LogP) is 3.78. The molecule has 0 heterocycles. The van der Waals surface area contributed by atoms with Crippen LogP contribution >= 0.6 is 11.8 Å². The van der Waals surface area contributed by atoms with Crippen molar-refractivity contribution in [3.8, 4) is 0 Å². The highest BCUT2D eigenvalue weighted by Crippen LogP contribution is 2.37. The van der Waals surface area contributed by atoms with Crippen molar-refractivity contribution in [1.82, 2.24) is 0 Å². The van der Waals surface area contributed by atoms with Crippen molar-refractivity contribution in [2.24, 2.45) is 0 Å². The van der Waals surface area contributed by atoms with E-state index < -0.39 is 18.3 Å². The average Bonchev–Trinajstić information content (AvgIpc) is 2.42. The molecule has 0 saturated heterocycles. The molecule has 0 fully saturated rings. The van der Waals surface area contributed by atoms with Gasteiger partial charge in [0.25, 0.3) is 0 Å². The molecule has 0 aliphatic heterocycles. The minimum Gasteiger partial charge on any atom is -0.392 e. The molecule has 114 valence electrons. The van der Waals surface area contributed by atoms with Crippen molar-refractivity contribution < 1.29 is 18.3 Å². The number of aliphatic hydroxyl groups is 1. The Morgan fingerprint density at radius 2 is 2.00 bits per heavy atom. The molecule has 1 atom stereocenters. The van der Waals surface area contributed by atoms with Gasteiger partial charge in [-0.2, -0.15) is 24.9 Å². The molecule has 0 bridgehead atoms. The van der Waals surface area contributed by atoms with Gasteiger partial charge in [0, 0.05) is 18.8 Å². The third kappa shape index (κ3) is 4.31. The Morgan fingerprint density at radius 3 is 2.50 bits per heavy atom. The number of benzene rings is 1. The minimum atomic E-state index is -4.42. The van der Waals surface area contributed by atoms with Crippen LogP contribution in [-0.2, 0) is 12.8 Å². The van der Waals surface area contributed by atoms with Gasteiger partial charge in [0.1, 0.15) is 0 Å². The Balaban J connectivity index is 3.10. The Bertz CT molecular complexity index is 437. The van der Waals surface area contributed by atoms with Crippen LogP contribution in [0.5, 0.6) is 0 Å². The summed E-state index contributed by atoms with van der Waals surface area (Å²) in [4.78, 5) is 1.65. The van der Waals surface area contributed by atoms with Crippen LogP contribution in [0.2, 0.25) is 0 Å². The van der Waals surface area contributed by atoms with Gasteiger partial charge in [0.2, 0.25) is 0 Å². The maximum absolute atomic E-state index is 13.1. The van der Waals surface area contributed by atoms with Crippen molar-refractivity contribution in [3.63, 3.8) is 0 Å². The average molecular weight is 307 g/mol. The van der Waals surface area contributed by atoms with E-state index in [2.05, 4.69) is 0 Å². The fourth-order valence-corrected chi connectivity index (χ4v) is 2.51. The van der Waals surface area contributed by atoms with E-state index in [0.717, 1.165) is 18.2 Å².